The number of carboxylic acids is 1. The predicted octanol–water partition coefficient (Wildman–Crippen LogP) is 1.08. The molecule has 1 aromatic rings. The summed E-state index contributed by atoms with van der Waals surface area (Å²) in [6.07, 6.45) is -4.20. The fourth-order valence-electron chi connectivity index (χ4n) is 1.82. The van der Waals surface area contributed by atoms with E-state index in [0.29, 0.717) is 0 Å². The van der Waals surface area contributed by atoms with Gasteiger partial charge in [-0.3, -0.25) is 14.6 Å². The zero-order chi connectivity index (χ0) is 15.3. The standard InChI is InChI=1S/C11H7F3N2O4/c1-10(9(19)20,11(12,13)14)16-7(17)5-3-2-4-15-6(5)8(16)18/h2-4H,1H3,(H,19,20). The minimum atomic E-state index is -5.33. The van der Waals surface area contributed by atoms with E-state index in [-0.39, 0.29) is 17.4 Å². The Labute approximate surface area is 109 Å². The molecule has 1 atom stereocenters. The highest BCUT2D eigenvalue weighted by Gasteiger charge is 2.66. The lowest BCUT2D eigenvalue weighted by molar-refractivity contribution is -0.219. The van der Waals surface area contributed by atoms with Crippen LogP contribution in [0.2, 0.25) is 0 Å². The van der Waals surface area contributed by atoms with Crippen molar-refractivity contribution in [2.75, 3.05) is 0 Å². The van der Waals surface area contributed by atoms with Gasteiger partial charge in [-0.1, -0.05) is 0 Å². The molecule has 2 heterocycles. The number of alkyl halides is 3. The Bertz CT molecular complexity index is 593. The number of carbonyl (C=O) groups excluding carboxylic acids is 2. The van der Waals surface area contributed by atoms with Gasteiger partial charge in [0.05, 0.1) is 5.56 Å². The van der Waals surface area contributed by atoms with Crippen molar-refractivity contribution in [1.29, 1.82) is 0 Å². The summed E-state index contributed by atoms with van der Waals surface area (Å²) in [5, 5.41) is 8.86. The molecular formula is C11H7F3N2O4. The highest BCUT2D eigenvalue weighted by atomic mass is 19.4. The van der Waals surface area contributed by atoms with Crippen molar-refractivity contribution in [2.24, 2.45) is 0 Å². The first-order chi connectivity index (χ1) is 9.12. The van der Waals surface area contributed by atoms with Crippen molar-refractivity contribution >= 4 is 17.8 Å². The molecule has 1 aromatic heterocycles. The highest BCUT2D eigenvalue weighted by Crippen LogP contribution is 2.39. The summed E-state index contributed by atoms with van der Waals surface area (Å²) in [7, 11) is 0. The molecule has 2 rings (SSSR count). The Balaban J connectivity index is 2.63. The Morgan fingerprint density at radius 1 is 1.30 bits per heavy atom. The van der Waals surface area contributed by atoms with Crippen molar-refractivity contribution in [3.05, 3.63) is 29.6 Å². The number of carbonyl (C=O) groups is 3. The first kappa shape index (κ1) is 14.0. The summed E-state index contributed by atoms with van der Waals surface area (Å²) in [6.45, 7) is 0.261. The fraction of sp³-hybridized carbons (Fsp3) is 0.273. The number of carboxylic acid groups (broad SMARTS) is 1. The van der Waals surface area contributed by atoms with E-state index in [1.54, 1.807) is 0 Å². The van der Waals surface area contributed by atoms with Gasteiger partial charge in [-0.2, -0.15) is 13.2 Å². The van der Waals surface area contributed by atoms with Crippen LogP contribution < -0.4 is 0 Å². The maximum Gasteiger partial charge on any atom is 0.422 e. The van der Waals surface area contributed by atoms with Gasteiger partial charge in [0.25, 0.3) is 11.8 Å². The van der Waals surface area contributed by atoms with Gasteiger partial charge in [-0.05, 0) is 19.1 Å². The summed E-state index contributed by atoms with van der Waals surface area (Å²) in [4.78, 5) is 38.0. The van der Waals surface area contributed by atoms with Crippen molar-refractivity contribution in [1.82, 2.24) is 9.88 Å². The van der Waals surface area contributed by atoms with E-state index in [1.807, 2.05) is 0 Å². The second-order valence-corrected chi connectivity index (χ2v) is 4.22. The number of hydrogen-bond donors (Lipinski definition) is 1. The van der Waals surface area contributed by atoms with Crippen LogP contribution in [0.1, 0.15) is 27.8 Å². The lowest BCUT2D eigenvalue weighted by Crippen LogP contribution is -2.63. The van der Waals surface area contributed by atoms with Gasteiger partial charge in [0.2, 0.25) is 5.54 Å². The summed E-state index contributed by atoms with van der Waals surface area (Å²) >= 11 is 0. The number of halogens is 3. The third-order valence-electron chi connectivity index (χ3n) is 3.06. The number of imide groups is 1. The van der Waals surface area contributed by atoms with Crippen LogP contribution in [-0.2, 0) is 4.79 Å². The molecule has 2 amide bonds. The molecule has 0 saturated carbocycles. The molecule has 20 heavy (non-hydrogen) atoms. The van der Waals surface area contributed by atoms with Crippen molar-refractivity contribution in [3.8, 4) is 0 Å². The van der Waals surface area contributed by atoms with E-state index in [9.17, 15) is 27.6 Å². The Kier molecular flexibility index (Phi) is 2.81. The first-order valence-electron chi connectivity index (χ1n) is 5.26. The molecule has 6 nitrogen and oxygen atoms in total. The minimum Gasteiger partial charge on any atom is -0.479 e. The van der Waals surface area contributed by atoms with Crippen LogP contribution in [0.25, 0.3) is 0 Å². The van der Waals surface area contributed by atoms with Gasteiger partial charge < -0.3 is 5.11 Å². The van der Waals surface area contributed by atoms with Crippen LogP contribution in [0.4, 0.5) is 13.2 Å². The normalized spacial score (nSPS) is 17.9. The van der Waals surface area contributed by atoms with Gasteiger partial charge in [-0.15, -0.1) is 0 Å². The monoisotopic (exact) mass is 288 g/mol. The van der Waals surface area contributed by atoms with Gasteiger partial charge >= 0.3 is 12.1 Å². The summed E-state index contributed by atoms with van der Waals surface area (Å²) in [5.74, 6) is -5.06. The molecule has 0 fully saturated rings. The van der Waals surface area contributed by atoms with Gasteiger partial charge in [0.15, 0.2) is 0 Å². The Hall–Kier alpha value is -2.45. The molecule has 0 saturated heterocycles. The van der Waals surface area contributed by atoms with E-state index >= 15 is 0 Å². The summed E-state index contributed by atoms with van der Waals surface area (Å²) < 4.78 is 39.1. The zero-order valence-corrected chi connectivity index (χ0v) is 9.93. The number of hydrogen-bond acceptors (Lipinski definition) is 4. The van der Waals surface area contributed by atoms with Crippen molar-refractivity contribution in [3.63, 3.8) is 0 Å². The van der Waals surface area contributed by atoms with Gasteiger partial charge in [-0.25, -0.2) is 9.69 Å². The summed E-state index contributed by atoms with van der Waals surface area (Å²) in [5.41, 5.74) is -4.49. The number of pyridine rings is 1. The lowest BCUT2D eigenvalue weighted by atomic mass is 9.99. The second kappa shape index (κ2) is 4.02. The molecule has 9 heteroatoms. The topological polar surface area (TPSA) is 87.6 Å². The largest absolute Gasteiger partial charge is 0.479 e. The minimum absolute atomic E-state index is 0.261. The van der Waals surface area contributed by atoms with E-state index in [1.165, 1.54) is 6.07 Å². The molecule has 1 aliphatic heterocycles. The molecular weight excluding hydrogens is 281 g/mol. The molecule has 1 unspecified atom stereocenters. The van der Waals surface area contributed by atoms with E-state index in [0.717, 1.165) is 12.3 Å². The average Bonchev–Trinajstić information content (AvgIpc) is 2.60. The van der Waals surface area contributed by atoms with E-state index in [4.69, 9.17) is 5.11 Å². The Morgan fingerprint density at radius 3 is 2.35 bits per heavy atom. The number of rotatable bonds is 2. The SMILES string of the molecule is CC(C(=O)O)(N1C(=O)c2cccnc2C1=O)C(F)(F)F. The van der Waals surface area contributed by atoms with Crippen LogP contribution in [0, 0.1) is 0 Å². The van der Waals surface area contributed by atoms with E-state index in [2.05, 4.69) is 4.98 Å². The number of nitrogens with zero attached hydrogens (tertiary/aromatic N) is 2. The van der Waals surface area contributed by atoms with Crippen LogP contribution in [0.3, 0.4) is 0 Å². The zero-order valence-electron chi connectivity index (χ0n) is 9.93. The molecule has 106 valence electrons. The quantitative estimate of drug-likeness (QED) is 0.823. The second-order valence-electron chi connectivity index (χ2n) is 4.22. The van der Waals surface area contributed by atoms with Gasteiger partial charge in [0, 0.05) is 6.20 Å². The third kappa shape index (κ3) is 1.59. The molecule has 0 radical (unpaired) electrons. The molecule has 0 aliphatic carbocycles. The first-order valence-corrected chi connectivity index (χ1v) is 5.26. The third-order valence-corrected chi connectivity index (χ3v) is 3.06. The fourth-order valence-corrected chi connectivity index (χ4v) is 1.82. The van der Waals surface area contributed by atoms with Crippen LogP contribution in [0.5, 0.6) is 0 Å². The summed E-state index contributed by atoms with van der Waals surface area (Å²) in [6, 6.07) is 2.38. The molecule has 0 spiro atoms. The maximum absolute atomic E-state index is 13.0. The Morgan fingerprint density at radius 2 is 1.90 bits per heavy atom. The van der Waals surface area contributed by atoms with Crippen LogP contribution in [-0.4, -0.2) is 44.5 Å². The van der Waals surface area contributed by atoms with Gasteiger partial charge in [0.1, 0.15) is 5.69 Å². The molecule has 1 N–H and O–H groups in total. The van der Waals surface area contributed by atoms with Crippen LogP contribution >= 0.6 is 0 Å². The average molecular weight is 288 g/mol. The number of aliphatic carboxylic acids is 1. The lowest BCUT2D eigenvalue weighted by Gasteiger charge is -2.34. The number of fused-ring (bicyclic) bond motifs is 1. The highest BCUT2D eigenvalue weighted by molar-refractivity contribution is 6.22. The van der Waals surface area contributed by atoms with Crippen LogP contribution in [0.15, 0.2) is 18.3 Å². The molecule has 0 aromatic carbocycles. The number of aromatic nitrogens is 1. The number of amides is 2. The van der Waals surface area contributed by atoms with Crippen molar-refractivity contribution in [2.45, 2.75) is 18.6 Å². The molecule has 0 bridgehead atoms. The van der Waals surface area contributed by atoms with E-state index < -0.39 is 35.2 Å². The smallest absolute Gasteiger partial charge is 0.422 e. The molecule has 1 aliphatic rings. The van der Waals surface area contributed by atoms with Crippen molar-refractivity contribution < 1.29 is 32.7 Å². The maximum atomic E-state index is 13.0. The predicted molar refractivity (Wildman–Crippen MR) is 56.8 cm³/mol.